The molecule has 0 amide bonds. The van der Waals surface area contributed by atoms with Gasteiger partial charge in [0.25, 0.3) is 0 Å². The van der Waals surface area contributed by atoms with Gasteiger partial charge in [-0.25, -0.2) is 0 Å². The summed E-state index contributed by atoms with van der Waals surface area (Å²) in [6, 6.07) is 25.9. The van der Waals surface area contributed by atoms with Crippen LogP contribution in [0.2, 0.25) is 0 Å². The van der Waals surface area contributed by atoms with Gasteiger partial charge in [-0.3, -0.25) is 0 Å². The molecule has 5 heteroatoms. The molecule has 2 N–H and O–H groups in total. The molecule has 0 saturated heterocycles. The van der Waals surface area contributed by atoms with Crippen LogP contribution in [0.1, 0.15) is 29.9 Å². The smallest absolute Gasteiger partial charge is 1.00 e. The Kier molecular flexibility index (Phi) is 9.42. The molecule has 6 rings (SSSR count). The number of halogens is 2. The Labute approximate surface area is 244 Å². The quantitative estimate of drug-likeness (QED) is 0.358. The van der Waals surface area contributed by atoms with Crippen molar-refractivity contribution in [3.63, 3.8) is 0 Å². The Hall–Kier alpha value is -1.74. The summed E-state index contributed by atoms with van der Waals surface area (Å²) in [4.78, 5) is 0. The van der Waals surface area contributed by atoms with E-state index in [1.807, 2.05) is 0 Å². The Morgan fingerprint density at radius 2 is 1.31 bits per heavy atom. The van der Waals surface area contributed by atoms with E-state index in [1.54, 1.807) is 0 Å². The molecule has 2 nitrogen and oxygen atoms in total. The Morgan fingerprint density at radius 1 is 0.722 bits per heavy atom. The number of rotatable bonds is 6. The predicted molar refractivity (Wildman–Crippen MR) is 134 cm³/mol. The average molecular weight is 595 g/mol. The first-order valence-corrected chi connectivity index (χ1v) is 11.9. The molecule has 0 saturated carbocycles. The zero-order valence-electron chi connectivity index (χ0n) is 19.9. The number of benzene rings is 3. The van der Waals surface area contributed by atoms with Crippen molar-refractivity contribution < 1.29 is 61.2 Å². The third-order valence-electron chi connectivity index (χ3n) is 7.85. The van der Waals surface area contributed by atoms with Crippen LogP contribution in [0.3, 0.4) is 0 Å². The first-order chi connectivity index (χ1) is 16.3. The number of fused-ring (bicyclic) bond motifs is 5. The van der Waals surface area contributed by atoms with Gasteiger partial charge in [-0.15, -0.1) is 0 Å². The van der Waals surface area contributed by atoms with Crippen LogP contribution < -0.4 is 35.3 Å². The maximum Gasteiger partial charge on any atom is 2.00 e. The summed E-state index contributed by atoms with van der Waals surface area (Å²) < 4.78 is 0. The summed E-state index contributed by atoms with van der Waals surface area (Å²) in [7, 11) is 0. The van der Waals surface area contributed by atoms with Crippen LogP contribution in [0.4, 0.5) is 0 Å². The van der Waals surface area contributed by atoms with Gasteiger partial charge in [0.1, 0.15) is 0 Å². The summed E-state index contributed by atoms with van der Waals surface area (Å²) in [5.41, 5.74) is 7.15. The summed E-state index contributed by atoms with van der Waals surface area (Å²) in [6.45, 7) is 0.148. The van der Waals surface area contributed by atoms with Crippen molar-refractivity contribution in [1.82, 2.24) is 0 Å². The van der Waals surface area contributed by atoms with E-state index in [9.17, 15) is 10.2 Å². The van der Waals surface area contributed by atoms with Crippen LogP contribution in [0.5, 0.6) is 0 Å². The van der Waals surface area contributed by atoms with E-state index in [1.165, 1.54) is 43.8 Å². The van der Waals surface area contributed by atoms with Gasteiger partial charge < -0.3 is 35.0 Å². The molecule has 0 radical (unpaired) electrons. The molecular weight excluding hydrogens is 566 g/mol. The second-order valence-electron chi connectivity index (χ2n) is 9.39. The number of hydrogen-bond acceptors (Lipinski definition) is 2. The van der Waals surface area contributed by atoms with Crippen LogP contribution in [0.25, 0.3) is 22.3 Å². The van der Waals surface area contributed by atoms with Gasteiger partial charge in [0.2, 0.25) is 0 Å². The van der Waals surface area contributed by atoms with Crippen molar-refractivity contribution >= 4 is 11.1 Å². The molecule has 3 aromatic rings. The largest absolute Gasteiger partial charge is 2.00 e. The van der Waals surface area contributed by atoms with Gasteiger partial charge in [-0.1, -0.05) is 97.1 Å². The number of aliphatic hydroxyl groups excluding tert-OH is 2. The van der Waals surface area contributed by atoms with E-state index in [2.05, 4.69) is 97.1 Å². The third-order valence-corrected chi connectivity index (χ3v) is 7.85. The van der Waals surface area contributed by atoms with E-state index in [0.717, 1.165) is 6.42 Å². The fraction of sp³-hybridized carbons (Fsp3) is 0.226. The SMILES string of the molecule is OCCCC(CO)(C1=c2ccccc2=C2C=CC=CC21)C1c2ccccc2-c2ccccc21.[Cl-].[Cl-].[Zr+2]. The second kappa shape index (κ2) is 11.8. The van der Waals surface area contributed by atoms with Gasteiger partial charge in [0.15, 0.2) is 0 Å². The molecule has 2 unspecified atom stereocenters. The molecule has 0 heterocycles. The number of allylic oxidation sites excluding steroid dienone is 4. The van der Waals surface area contributed by atoms with Gasteiger partial charge in [0, 0.05) is 23.9 Å². The van der Waals surface area contributed by atoms with E-state index >= 15 is 0 Å². The van der Waals surface area contributed by atoms with Crippen molar-refractivity contribution in [2.45, 2.75) is 18.8 Å². The monoisotopic (exact) mass is 592 g/mol. The first-order valence-electron chi connectivity index (χ1n) is 11.9. The average Bonchev–Trinajstić information content (AvgIpc) is 3.40. The zero-order valence-corrected chi connectivity index (χ0v) is 23.8. The van der Waals surface area contributed by atoms with Crippen LogP contribution in [0.15, 0.2) is 97.1 Å². The van der Waals surface area contributed by atoms with Crippen molar-refractivity contribution in [2.24, 2.45) is 11.3 Å². The van der Waals surface area contributed by atoms with E-state index in [0.29, 0.717) is 6.42 Å². The number of hydrogen-bond donors (Lipinski definition) is 2. The standard InChI is InChI=1S/C31H28O2.2ClH.Zr/c32-19-9-18-31(20-33,29-25-14-5-1-10-21(25)22-11-2-6-15-26(22)29)30-27-16-7-3-12-23(27)24-13-4-8-17-28(24)30;;;/h1-8,10-17,25,30,32-33H,9,18-20H2;2*1H;/q;;;+2/p-2. The molecule has 3 aromatic carbocycles. The summed E-state index contributed by atoms with van der Waals surface area (Å²) >= 11 is 0. The predicted octanol–water partition coefficient (Wildman–Crippen LogP) is -1.69. The van der Waals surface area contributed by atoms with Crippen LogP contribution in [0, 0.1) is 11.3 Å². The zero-order chi connectivity index (χ0) is 22.4. The van der Waals surface area contributed by atoms with Crippen LogP contribution >= 0.6 is 0 Å². The molecule has 0 aromatic heterocycles. The third kappa shape index (κ3) is 4.24. The fourth-order valence-corrected chi connectivity index (χ4v) is 6.60. The normalized spacial score (nSPS) is 18.1. The van der Waals surface area contributed by atoms with Gasteiger partial charge in [-0.2, -0.15) is 0 Å². The molecule has 182 valence electrons. The Bertz CT molecular complexity index is 1380. The summed E-state index contributed by atoms with van der Waals surface area (Å²) in [6.07, 6.45) is 10.1. The Balaban J connectivity index is 0.00000120. The molecule has 0 bridgehead atoms. The number of aliphatic hydroxyl groups is 2. The molecule has 0 fully saturated rings. The van der Waals surface area contributed by atoms with E-state index in [4.69, 9.17) is 0 Å². The van der Waals surface area contributed by atoms with Crippen molar-refractivity contribution in [3.05, 3.63) is 119 Å². The molecule has 3 aliphatic rings. The van der Waals surface area contributed by atoms with Crippen molar-refractivity contribution in [3.8, 4) is 11.1 Å². The van der Waals surface area contributed by atoms with Crippen molar-refractivity contribution in [1.29, 1.82) is 0 Å². The van der Waals surface area contributed by atoms with Crippen molar-refractivity contribution in [2.75, 3.05) is 13.2 Å². The molecule has 0 aliphatic heterocycles. The fourth-order valence-electron chi connectivity index (χ4n) is 6.60. The summed E-state index contributed by atoms with van der Waals surface area (Å²) in [5.74, 6) is 0.168. The molecule has 36 heavy (non-hydrogen) atoms. The summed E-state index contributed by atoms with van der Waals surface area (Å²) in [5, 5.41) is 23.7. The van der Waals surface area contributed by atoms with Gasteiger partial charge >= 0.3 is 26.2 Å². The maximum absolute atomic E-state index is 11.3. The van der Waals surface area contributed by atoms with Crippen LogP contribution in [-0.2, 0) is 26.2 Å². The Morgan fingerprint density at radius 3 is 1.92 bits per heavy atom. The molecule has 3 aliphatic carbocycles. The van der Waals surface area contributed by atoms with E-state index in [-0.39, 0.29) is 76.1 Å². The van der Waals surface area contributed by atoms with Gasteiger partial charge in [0.05, 0.1) is 6.61 Å². The van der Waals surface area contributed by atoms with E-state index < -0.39 is 5.41 Å². The molecule has 2 atom stereocenters. The molecule has 0 spiro atoms. The van der Waals surface area contributed by atoms with Crippen LogP contribution in [-0.4, -0.2) is 23.4 Å². The minimum absolute atomic E-state index is 0. The minimum Gasteiger partial charge on any atom is -1.00 e. The second-order valence-corrected chi connectivity index (χ2v) is 9.39. The topological polar surface area (TPSA) is 40.5 Å². The molecular formula is C31H28Cl2O2Zr. The first kappa shape index (κ1) is 28.8. The maximum atomic E-state index is 11.3. The van der Waals surface area contributed by atoms with Gasteiger partial charge in [-0.05, 0) is 56.7 Å². The minimum atomic E-state index is -0.524.